The molecule has 1 unspecified atom stereocenters. The number of thiophene rings is 1. The van der Waals surface area contributed by atoms with E-state index in [1.165, 1.54) is 11.3 Å². The molecular formula is C11H13N3O2S. The van der Waals surface area contributed by atoms with Gasteiger partial charge in [-0.1, -0.05) is 5.16 Å². The monoisotopic (exact) mass is 251 g/mol. The molecule has 3 heterocycles. The normalized spacial score (nSPS) is 19.9. The van der Waals surface area contributed by atoms with Gasteiger partial charge in [-0.15, -0.1) is 11.3 Å². The molecular weight excluding hydrogens is 238 g/mol. The maximum absolute atomic E-state index is 5.90. The second-order valence-electron chi connectivity index (χ2n) is 4.15. The van der Waals surface area contributed by atoms with E-state index in [9.17, 15) is 0 Å². The third-order valence-electron chi connectivity index (χ3n) is 2.85. The molecule has 0 amide bonds. The van der Waals surface area contributed by atoms with E-state index in [-0.39, 0.29) is 5.92 Å². The van der Waals surface area contributed by atoms with Gasteiger partial charge in [-0.2, -0.15) is 4.98 Å². The Morgan fingerprint density at radius 2 is 2.41 bits per heavy atom. The molecule has 1 atom stereocenters. The number of aryl methyl sites for hydroxylation is 1. The van der Waals surface area contributed by atoms with Crippen molar-refractivity contribution < 1.29 is 9.26 Å². The summed E-state index contributed by atoms with van der Waals surface area (Å²) in [6, 6.07) is 1.97. The summed E-state index contributed by atoms with van der Waals surface area (Å²) in [5, 5.41) is 4.73. The lowest BCUT2D eigenvalue weighted by atomic mass is 10.1. The predicted molar refractivity (Wildman–Crippen MR) is 64.9 cm³/mol. The lowest BCUT2D eigenvalue weighted by Crippen LogP contribution is -1.99. The minimum Gasteiger partial charge on any atom is -0.390 e. The number of ether oxygens (including phenoxy) is 1. The van der Waals surface area contributed by atoms with Crippen LogP contribution >= 0.6 is 11.3 Å². The molecule has 1 saturated heterocycles. The van der Waals surface area contributed by atoms with Gasteiger partial charge in [0.25, 0.3) is 5.89 Å². The molecule has 0 bridgehead atoms. The summed E-state index contributed by atoms with van der Waals surface area (Å²) in [4.78, 5) is 5.55. The molecule has 0 radical (unpaired) electrons. The fraction of sp³-hybridized carbons (Fsp3) is 0.455. The summed E-state index contributed by atoms with van der Waals surface area (Å²) in [7, 11) is 0. The molecule has 0 spiro atoms. The van der Waals surface area contributed by atoms with Crippen LogP contribution in [0.5, 0.6) is 0 Å². The van der Waals surface area contributed by atoms with E-state index in [0.29, 0.717) is 12.5 Å². The van der Waals surface area contributed by atoms with Gasteiger partial charge >= 0.3 is 0 Å². The fourth-order valence-electron chi connectivity index (χ4n) is 1.95. The maximum Gasteiger partial charge on any atom is 0.260 e. The Labute approximate surface area is 103 Å². The van der Waals surface area contributed by atoms with Crippen LogP contribution in [0.15, 0.2) is 10.6 Å². The minimum absolute atomic E-state index is 0.258. The summed E-state index contributed by atoms with van der Waals surface area (Å²) < 4.78 is 10.6. The third-order valence-corrected chi connectivity index (χ3v) is 3.73. The fourth-order valence-corrected chi connectivity index (χ4v) is 2.73. The van der Waals surface area contributed by atoms with E-state index >= 15 is 0 Å². The summed E-state index contributed by atoms with van der Waals surface area (Å²) in [5.74, 6) is 1.49. The van der Waals surface area contributed by atoms with E-state index < -0.39 is 0 Å². The highest BCUT2D eigenvalue weighted by molar-refractivity contribution is 7.16. The Hall–Kier alpha value is -1.40. The number of nitrogen functional groups attached to an aromatic ring is 1. The lowest BCUT2D eigenvalue weighted by Gasteiger charge is -1.97. The zero-order chi connectivity index (χ0) is 11.8. The molecule has 0 aliphatic carbocycles. The molecule has 2 N–H and O–H groups in total. The number of rotatable bonds is 2. The van der Waals surface area contributed by atoms with Crippen molar-refractivity contribution in [2.24, 2.45) is 0 Å². The molecule has 6 heteroatoms. The molecule has 1 fully saturated rings. The van der Waals surface area contributed by atoms with E-state index in [1.807, 2.05) is 13.0 Å². The van der Waals surface area contributed by atoms with E-state index in [4.69, 9.17) is 15.0 Å². The molecule has 5 nitrogen and oxygen atoms in total. The van der Waals surface area contributed by atoms with Gasteiger partial charge in [0, 0.05) is 17.4 Å². The summed E-state index contributed by atoms with van der Waals surface area (Å²) >= 11 is 1.53. The summed E-state index contributed by atoms with van der Waals surface area (Å²) in [5.41, 5.74) is 6.74. The SMILES string of the molecule is Cc1cc(-c2nc(C3CCOC3)no2)c(N)s1. The largest absolute Gasteiger partial charge is 0.390 e. The van der Waals surface area contributed by atoms with Gasteiger partial charge in [-0.05, 0) is 19.4 Å². The van der Waals surface area contributed by atoms with Crippen LogP contribution < -0.4 is 5.73 Å². The first kappa shape index (κ1) is 10.7. The zero-order valence-corrected chi connectivity index (χ0v) is 10.3. The van der Waals surface area contributed by atoms with Crippen LogP contribution in [0.4, 0.5) is 5.00 Å². The standard InChI is InChI=1S/C11H13N3O2S/c1-6-4-8(9(12)17-6)11-13-10(14-16-11)7-2-3-15-5-7/h4,7H,2-3,5,12H2,1H3. The first-order valence-electron chi connectivity index (χ1n) is 5.51. The number of hydrogen-bond donors (Lipinski definition) is 1. The molecule has 17 heavy (non-hydrogen) atoms. The van der Waals surface area contributed by atoms with Gasteiger partial charge in [-0.3, -0.25) is 0 Å². The summed E-state index contributed by atoms with van der Waals surface area (Å²) in [6.45, 7) is 3.46. The van der Waals surface area contributed by atoms with Crippen molar-refractivity contribution in [2.75, 3.05) is 18.9 Å². The molecule has 2 aromatic heterocycles. The van der Waals surface area contributed by atoms with Crippen molar-refractivity contribution in [3.05, 3.63) is 16.8 Å². The highest BCUT2D eigenvalue weighted by atomic mass is 32.1. The number of anilines is 1. The van der Waals surface area contributed by atoms with Crippen molar-refractivity contribution in [1.82, 2.24) is 10.1 Å². The Kier molecular flexibility index (Phi) is 2.60. The van der Waals surface area contributed by atoms with Crippen molar-refractivity contribution in [3.63, 3.8) is 0 Å². The first-order chi connectivity index (χ1) is 8.24. The van der Waals surface area contributed by atoms with E-state index in [1.54, 1.807) is 0 Å². The second kappa shape index (κ2) is 4.12. The first-order valence-corrected chi connectivity index (χ1v) is 6.33. The van der Waals surface area contributed by atoms with Crippen molar-refractivity contribution in [1.29, 1.82) is 0 Å². The summed E-state index contributed by atoms with van der Waals surface area (Å²) in [6.07, 6.45) is 0.955. The molecule has 1 aliphatic heterocycles. The van der Waals surface area contributed by atoms with Gasteiger partial charge in [0.1, 0.15) is 0 Å². The molecule has 0 saturated carbocycles. The Balaban J connectivity index is 1.91. The Bertz CT molecular complexity index is 529. The van der Waals surface area contributed by atoms with Crippen molar-refractivity contribution in [3.8, 4) is 11.5 Å². The van der Waals surface area contributed by atoms with Crippen LogP contribution in [0.25, 0.3) is 11.5 Å². The number of nitrogens with two attached hydrogens (primary N) is 1. The quantitative estimate of drug-likeness (QED) is 0.885. The average Bonchev–Trinajstić information content (AvgIpc) is 2.97. The lowest BCUT2D eigenvalue weighted by molar-refractivity contribution is 0.192. The maximum atomic E-state index is 5.90. The van der Waals surface area contributed by atoms with E-state index in [2.05, 4.69) is 10.1 Å². The molecule has 90 valence electrons. The number of hydrogen-bond acceptors (Lipinski definition) is 6. The van der Waals surface area contributed by atoms with Gasteiger partial charge in [0.05, 0.1) is 17.2 Å². The molecule has 3 rings (SSSR count). The zero-order valence-electron chi connectivity index (χ0n) is 9.47. The van der Waals surface area contributed by atoms with Crippen molar-refractivity contribution >= 4 is 16.3 Å². The van der Waals surface area contributed by atoms with Gasteiger partial charge < -0.3 is 15.0 Å². The third kappa shape index (κ3) is 1.94. The van der Waals surface area contributed by atoms with Crippen LogP contribution in [-0.2, 0) is 4.74 Å². The van der Waals surface area contributed by atoms with Crippen LogP contribution in [0.3, 0.4) is 0 Å². The van der Waals surface area contributed by atoms with Crippen LogP contribution in [-0.4, -0.2) is 23.4 Å². The Morgan fingerprint density at radius 3 is 3.06 bits per heavy atom. The van der Waals surface area contributed by atoms with Gasteiger partial charge in [0.15, 0.2) is 5.82 Å². The highest BCUT2D eigenvalue weighted by Gasteiger charge is 2.24. The van der Waals surface area contributed by atoms with Crippen LogP contribution in [0.2, 0.25) is 0 Å². The van der Waals surface area contributed by atoms with Gasteiger partial charge in [0.2, 0.25) is 0 Å². The highest BCUT2D eigenvalue weighted by Crippen LogP contribution is 2.33. The average molecular weight is 251 g/mol. The van der Waals surface area contributed by atoms with E-state index in [0.717, 1.165) is 34.3 Å². The minimum atomic E-state index is 0.258. The van der Waals surface area contributed by atoms with Crippen LogP contribution in [0, 0.1) is 6.92 Å². The molecule has 1 aliphatic rings. The van der Waals surface area contributed by atoms with Crippen LogP contribution in [0.1, 0.15) is 23.0 Å². The predicted octanol–water partition coefficient (Wildman–Crippen LogP) is 2.19. The van der Waals surface area contributed by atoms with Gasteiger partial charge in [-0.25, -0.2) is 0 Å². The number of nitrogens with zero attached hydrogens (tertiary/aromatic N) is 2. The topological polar surface area (TPSA) is 74.2 Å². The smallest absolute Gasteiger partial charge is 0.260 e. The molecule has 0 aromatic carbocycles. The van der Waals surface area contributed by atoms with Crippen molar-refractivity contribution in [2.45, 2.75) is 19.3 Å². The second-order valence-corrected chi connectivity index (χ2v) is 5.44. The molecule has 2 aromatic rings. The Morgan fingerprint density at radius 1 is 1.53 bits per heavy atom. The number of aromatic nitrogens is 2.